The monoisotopic (exact) mass is 333 g/mol. The van der Waals surface area contributed by atoms with Gasteiger partial charge in [-0.1, -0.05) is 13.8 Å². The minimum absolute atomic E-state index is 0.270. The molecular formula is C19H31N3O2. The maximum absolute atomic E-state index is 12.5. The molecule has 0 bridgehead atoms. The van der Waals surface area contributed by atoms with Crippen LogP contribution < -0.4 is 9.64 Å². The molecule has 0 aromatic heterocycles. The molecule has 1 amide bonds. The Morgan fingerprint density at radius 1 is 1.04 bits per heavy atom. The summed E-state index contributed by atoms with van der Waals surface area (Å²) in [7, 11) is 1.68. The Labute approximate surface area is 146 Å². The van der Waals surface area contributed by atoms with Crippen molar-refractivity contribution in [2.24, 2.45) is 0 Å². The van der Waals surface area contributed by atoms with Crippen molar-refractivity contribution >= 4 is 11.6 Å². The van der Waals surface area contributed by atoms with Gasteiger partial charge in [0.05, 0.1) is 13.7 Å². The number of rotatable bonds is 8. The first-order valence-electron chi connectivity index (χ1n) is 9.07. The van der Waals surface area contributed by atoms with Crippen molar-refractivity contribution in [3.63, 3.8) is 0 Å². The molecule has 5 heteroatoms. The third-order valence-corrected chi connectivity index (χ3v) is 4.51. The SMILES string of the molecule is CCCN(CCC)CC(=O)N1CCN(c2ccc(OC)cc2)CC1. The third-order valence-electron chi connectivity index (χ3n) is 4.51. The number of hydrogen-bond donors (Lipinski definition) is 0. The van der Waals surface area contributed by atoms with Gasteiger partial charge >= 0.3 is 0 Å². The van der Waals surface area contributed by atoms with Gasteiger partial charge in [-0.15, -0.1) is 0 Å². The average Bonchev–Trinajstić information content (AvgIpc) is 2.62. The van der Waals surface area contributed by atoms with Crippen LogP contribution >= 0.6 is 0 Å². The molecule has 24 heavy (non-hydrogen) atoms. The molecule has 1 heterocycles. The van der Waals surface area contributed by atoms with Crippen LogP contribution in [0.1, 0.15) is 26.7 Å². The second-order valence-corrected chi connectivity index (χ2v) is 6.34. The molecule has 1 aromatic rings. The predicted molar refractivity (Wildman–Crippen MR) is 98.8 cm³/mol. The topological polar surface area (TPSA) is 36.0 Å². The molecule has 1 saturated heterocycles. The van der Waals surface area contributed by atoms with Crippen LogP contribution in [-0.4, -0.2) is 68.6 Å². The summed E-state index contributed by atoms with van der Waals surface area (Å²) in [6.07, 6.45) is 2.19. The van der Waals surface area contributed by atoms with Crippen molar-refractivity contribution in [3.05, 3.63) is 24.3 Å². The predicted octanol–water partition coefficient (Wildman–Crippen LogP) is 2.47. The summed E-state index contributed by atoms with van der Waals surface area (Å²) in [5.74, 6) is 1.14. The lowest BCUT2D eigenvalue weighted by Gasteiger charge is -2.37. The fourth-order valence-electron chi connectivity index (χ4n) is 3.20. The van der Waals surface area contributed by atoms with Crippen molar-refractivity contribution in [1.29, 1.82) is 0 Å². The van der Waals surface area contributed by atoms with E-state index in [9.17, 15) is 4.79 Å². The van der Waals surface area contributed by atoms with Crippen LogP contribution in [-0.2, 0) is 4.79 Å². The lowest BCUT2D eigenvalue weighted by molar-refractivity contribution is -0.132. The quantitative estimate of drug-likeness (QED) is 0.732. The zero-order valence-electron chi connectivity index (χ0n) is 15.3. The van der Waals surface area contributed by atoms with Crippen molar-refractivity contribution in [2.75, 3.05) is 57.8 Å². The highest BCUT2D eigenvalue weighted by atomic mass is 16.5. The number of nitrogens with zero attached hydrogens (tertiary/aromatic N) is 3. The van der Waals surface area contributed by atoms with Gasteiger partial charge in [0, 0.05) is 31.9 Å². The molecule has 1 aliphatic heterocycles. The largest absolute Gasteiger partial charge is 0.497 e. The maximum atomic E-state index is 12.5. The highest BCUT2D eigenvalue weighted by Crippen LogP contribution is 2.20. The Morgan fingerprint density at radius 3 is 2.12 bits per heavy atom. The molecule has 0 radical (unpaired) electrons. The summed E-state index contributed by atoms with van der Waals surface area (Å²) in [6, 6.07) is 8.14. The number of carbonyl (C=O) groups excluding carboxylic acids is 1. The van der Waals surface area contributed by atoms with Crippen LogP contribution in [0.3, 0.4) is 0 Å². The molecule has 0 atom stereocenters. The Hall–Kier alpha value is -1.75. The van der Waals surface area contributed by atoms with Crippen molar-refractivity contribution in [3.8, 4) is 5.75 Å². The van der Waals surface area contributed by atoms with Crippen LogP contribution in [0.4, 0.5) is 5.69 Å². The second kappa shape index (κ2) is 9.52. The number of amides is 1. The Bertz CT molecular complexity index is 490. The van der Waals surface area contributed by atoms with Crippen LogP contribution in [0.2, 0.25) is 0 Å². The molecular weight excluding hydrogens is 302 g/mol. The second-order valence-electron chi connectivity index (χ2n) is 6.34. The Morgan fingerprint density at radius 2 is 1.62 bits per heavy atom. The van der Waals surface area contributed by atoms with Crippen molar-refractivity contribution in [1.82, 2.24) is 9.80 Å². The van der Waals surface area contributed by atoms with Crippen molar-refractivity contribution < 1.29 is 9.53 Å². The van der Waals surface area contributed by atoms with E-state index < -0.39 is 0 Å². The number of hydrogen-bond acceptors (Lipinski definition) is 4. The lowest BCUT2D eigenvalue weighted by atomic mass is 10.2. The molecule has 1 fully saturated rings. The van der Waals surface area contributed by atoms with Crippen LogP contribution in [0, 0.1) is 0 Å². The van der Waals surface area contributed by atoms with E-state index in [0.29, 0.717) is 6.54 Å². The van der Waals surface area contributed by atoms with Gasteiger partial charge in [-0.25, -0.2) is 0 Å². The van der Waals surface area contributed by atoms with Gasteiger partial charge in [-0.2, -0.15) is 0 Å². The van der Waals surface area contributed by atoms with E-state index in [2.05, 4.69) is 35.8 Å². The van der Waals surface area contributed by atoms with E-state index in [1.165, 1.54) is 5.69 Å². The zero-order valence-corrected chi connectivity index (χ0v) is 15.3. The van der Waals surface area contributed by atoms with E-state index in [1.54, 1.807) is 7.11 Å². The molecule has 1 aliphatic rings. The molecule has 1 aromatic carbocycles. The van der Waals surface area contributed by atoms with Crippen LogP contribution in [0.15, 0.2) is 24.3 Å². The van der Waals surface area contributed by atoms with Gasteiger partial charge in [0.15, 0.2) is 0 Å². The Balaban J connectivity index is 1.83. The van der Waals surface area contributed by atoms with Crippen LogP contribution in [0.25, 0.3) is 0 Å². The highest BCUT2D eigenvalue weighted by Gasteiger charge is 2.22. The van der Waals surface area contributed by atoms with Gasteiger partial charge in [0.25, 0.3) is 0 Å². The van der Waals surface area contributed by atoms with E-state index in [1.807, 2.05) is 17.0 Å². The van der Waals surface area contributed by atoms with Crippen molar-refractivity contribution in [2.45, 2.75) is 26.7 Å². The van der Waals surface area contributed by atoms with Gasteiger partial charge in [0.1, 0.15) is 5.75 Å². The molecule has 0 aliphatic carbocycles. The third kappa shape index (κ3) is 5.13. The molecule has 0 spiro atoms. The van der Waals surface area contributed by atoms with E-state index in [0.717, 1.165) is 57.9 Å². The summed E-state index contributed by atoms with van der Waals surface area (Å²) in [5.41, 5.74) is 1.20. The fraction of sp³-hybridized carbons (Fsp3) is 0.632. The fourth-order valence-corrected chi connectivity index (χ4v) is 3.20. The number of carbonyl (C=O) groups is 1. The number of benzene rings is 1. The molecule has 0 N–H and O–H groups in total. The first-order valence-corrected chi connectivity index (χ1v) is 9.07. The maximum Gasteiger partial charge on any atom is 0.236 e. The highest BCUT2D eigenvalue weighted by molar-refractivity contribution is 5.78. The number of methoxy groups -OCH3 is 1. The van der Waals surface area contributed by atoms with Gasteiger partial charge in [-0.3, -0.25) is 9.69 Å². The minimum atomic E-state index is 0.270. The van der Waals surface area contributed by atoms with E-state index in [-0.39, 0.29) is 5.91 Å². The number of anilines is 1. The molecule has 0 unspecified atom stereocenters. The zero-order chi connectivity index (χ0) is 17.4. The minimum Gasteiger partial charge on any atom is -0.497 e. The standard InChI is InChI=1S/C19H31N3O2/c1-4-10-20(11-5-2)16-19(23)22-14-12-21(13-15-22)17-6-8-18(24-3)9-7-17/h6-9H,4-5,10-16H2,1-3H3. The van der Waals surface area contributed by atoms with Gasteiger partial charge < -0.3 is 14.5 Å². The lowest BCUT2D eigenvalue weighted by Crippen LogP contribution is -2.51. The average molecular weight is 333 g/mol. The van der Waals surface area contributed by atoms with E-state index >= 15 is 0 Å². The molecule has 134 valence electrons. The first kappa shape index (κ1) is 18.6. The van der Waals surface area contributed by atoms with E-state index in [4.69, 9.17) is 4.74 Å². The smallest absolute Gasteiger partial charge is 0.236 e. The summed E-state index contributed by atoms with van der Waals surface area (Å²) < 4.78 is 5.21. The summed E-state index contributed by atoms with van der Waals surface area (Å²) in [5, 5.41) is 0. The normalized spacial score (nSPS) is 15.0. The van der Waals surface area contributed by atoms with Gasteiger partial charge in [0.2, 0.25) is 5.91 Å². The summed E-state index contributed by atoms with van der Waals surface area (Å²) >= 11 is 0. The number of ether oxygens (including phenoxy) is 1. The molecule has 2 rings (SSSR count). The summed E-state index contributed by atoms with van der Waals surface area (Å²) in [6.45, 7) is 10.3. The number of piperazine rings is 1. The first-order chi connectivity index (χ1) is 11.7. The summed E-state index contributed by atoms with van der Waals surface area (Å²) in [4.78, 5) is 19.2. The molecule has 0 saturated carbocycles. The van der Waals surface area contributed by atoms with Gasteiger partial charge in [-0.05, 0) is 50.2 Å². The molecule has 5 nitrogen and oxygen atoms in total. The van der Waals surface area contributed by atoms with Crippen LogP contribution in [0.5, 0.6) is 5.75 Å². The Kier molecular flexibility index (Phi) is 7.37.